The summed E-state index contributed by atoms with van der Waals surface area (Å²) in [5.41, 5.74) is 2.72. The van der Waals surface area contributed by atoms with Crippen LogP contribution in [0.5, 0.6) is 0 Å². The van der Waals surface area contributed by atoms with Crippen molar-refractivity contribution in [3.8, 4) is 0 Å². The van der Waals surface area contributed by atoms with Crippen molar-refractivity contribution in [1.29, 1.82) is 0 Å². The Morgan fingerprint density at radius 2 is 1.59 bits per heavy atom. The van der Waals surface area contributed by atoms with E-state index in [1.807, 2.05) is 0 Å². The third-order valence-corrected chi connectivity index (χ3v) is 8.33. The summed E-state index contributed by atoms with van der Waals surface area (Å²) in [6.45, 7) is 2.31. The van der Waals surface area contributed by atoms with E-state index in [2.05, 4.69) is 13.0 Å². The van der Waals surface area contributed by atoms with E-state index in [-0.39, 0.29) is 5.82 Å². The van der Waals surface area contributed by atoms with Crippen molar-refractivity contribution in [3.63, 3.8) is 0 Å². The highest BCUT2D eigenvalue weighted by Crippen LogP contribution is 2.49. The number of aryl methyl sites for hydroxylation is 1. The van der Waals surface area contributed by atoms with E-state index < -0.39 is 0 Å². The van der Waals surface area contributed by atoms with Gasteiger partial charge in [-0.1, -0.05) is 51.5 Å². The second kappa shape index (κ2) is 9.10. The molecule has 5 atom stereocenters. The molecule has 3 aliphatic carbocycles. The smallest absolute Gasteiger partial charge is 0.123 e. The number of fused-ring (bicyclic) bond motifs is 2. The Labute approximate surface area is 166 Å². The summed E-state index contributed by atoms with van der Waals surface area (Å²) in [6, 6.07) is 5.51. The van der Waals surface area contributed by atoms with Crippen LogP contribution in [0.3, 0.4) is 0 Å². The summed E-state index contributed by atoms with van der Waals surface area (Å²) in [5.74, 6) is 4.83. The van der Waals surface area contributed by atoms with Gasteiger partial charge in [0.2, 0.25) is 0 Å². The topological polar surface area (TPSA) is 0 Å². The Morgan fingerprint density at radius 1 is 0.815 bits per heavy atom. The number of halogens is 1. The van der Waals surface area contributed by atoms with E-state index in [0.717, 1.165) is 36.0 Å². The van der Waals surface area contributed by atoms with Crippen LogP contribution in [0.1, 0.15) is 95.1 Å². The predicted molar refractivity (Wildman–Crippen MR) is 112 cm³/mol. The lowest BCUT2D eigenvalue weighted by Crippen LogP contribution is -2.35. The molecule has 0 bridgehead atoms. The molecule has 2 fully saturated rings. The van der Waals surface area contributed by atoms with E-state index in [0.29, 0.717) is 0 Å². The van der Waals surface area contributed by atoms with Crippen molar-refractivity contribution in [2.24, 2.45) is 29.6 Å². The molecule has 1 heteroatoms. The molecule has 1 aromatic rings. The SMILES string of the molecule is CCCCCCC1CCC2CC(C3CCc4cc(F)ccc4C3)CCC2C1. The first-order chi connectivity index (χ1) is 13.2. The summed E-state index contributed by atoms with van der Waals surface area (Å²) in [5, 5.41) is 0. The Hall–Kier alpha value is -0.850. The molecule has 0 nitrogen and oxygen atoms in total. The van der Waals surface area contributed by atoms with E-state index in [9.17, 15) is 4.39 Å². The first kappa shape index (κ1) is 19.5. The molecular weight excluding hydrogens is 331 g/mol. The summed E-state index contributed by atoms with van der Waals surface area (Å²) < 4.78 is 13.5. The van der Waals surface area contributed by atoms with Crippen LogP contribution >= 0.6 is 0 Å². The average molecular weight is 371 g/mol. The first-order valence-electron chi connectivity index (χ1n) is 12.0. The molecule has 1 aromatic carbocycles. The Kier molecular flexibility index (Phi) is 6.56. The van der Waals surface area contributed by atoms with Crippen LogP contribution in [-0.4, -0.2) is 0 Å². The van der Waals surface area contributed by atoms with Crippen molar-refractivity contribution < 1.29 is 4.39 Å². The molecule has 0 spiro atoms. The van der Waals surface area contributed by atoms with Crippen molar-refractivity contribution in [2.45, 2.75) is 96.8 Å². The Balaban J connectivity index is 1.27. The molecule has 0 aliphatic heterocycles. The van der Waals surface area contributed by atoms with Crippen LogP contribution in [-0.2, 0) is 12.8 Å². The highest BCUT2D eigenvalue weighted by molar-refractivity contribution is 5.30. The largest absolute Gasteiger partial charge is 0.207 e. The molecule has 5 unspecified atom stereocenters. The highest BCUT2D eigenvalue weighted by atomic mass is 19.1. The average Bonchev–Trinajstić information content (AvgIpc) is 2.70. The van der Waals surface area contributed by atoms with E-state index in [1.54, 1.807) is 12.1 Å². The van der Waals surface area contributed by atoms with Crippen LogP contribution < -0.4 is 0 Å². The third-order valence-electron chi connectivity index (χ3n) is 8.33. The van der Waals surface area contributed by atoms with E-state index in [4.69, 9.17) is 0 Å². The summed E-state index contributed by atoms with van der Waals surface area (Å²) in [6.07, 6.45) is 19.8. The molecule has 0 radical (unpaired) electrons. The molecule has 2 saturated carbocycles. The van der Waals surface area contributed by atoms with Gasteiger partial charge in [0.05, 0.1) is 0 Å². The molecule has 0 heterocycles. The fraction of sp³-hybridized carbons (Fsp3) is 0.769. The van der Waals surface area contributed by atoms with E-state index >= 15 is 0 Å². The van der Waals surface area contributed by atoms with Gasteiger partial charge < -0.3 is 0 Å². The van der Waals surface area contributed by atoms with Gasteiger partial charge in [-0.25, -0.2) is 4.39 Å². The van der Waals surface area contributed by atoms with Gasteiger partial charge in [0.15, 0.2) is 0 Å². The maximum absolute atomic E-state index is 13.5. The van der Waals surface area contributed by atoms with Gasteiger partial charge in [-0.05, 0) is 104 Å². The summed E-state index contributed by atoms with van der Waals surface area (Å²) in [7, 11) is 0. The van der Waals surface area contributed by atoms with Crippen LogP contribution in [0.2, 0.25) is 0 Å². The van der Waals surface area contributed by atoms with Gasteiger partial charge in [0.1, 0.15) is 5.82 Å². The molecule has 0 saturated heterocycles. The van der Waals surface area contributed by atoms with Gasteiger partial charge >= 0.3 is 0 Å². The second-order valence-electron chi connectivity index (χ2n) is 10.0. The Morgan fingerprint density at radius 3 is 2.44 bits per heavy atom. The fourth-order valence-corrected chi connectivity index (χ4v) is 6.73. The molecule has 0 amide bonds. The van der Waals surface area contributed by atoms with Crippen molar-refractivity contribution in [2.75, 3.05) is 0 Å². The van der Waals surface area contributed by atoms with Crippen molar-refractivity contribution in [3.05, 3.63) is 35.1 Å². The van der Waals surface area contributed by atoms with Crippen LogP contribution in [0.15, 0.2) is 18.2 Å². The zero-order valence-electron chi connectivity index (χ0n) is 17.4. The maximum Gasteiger partial charge on any atom is 0.123 e. The molecule has 150 valence electrons. The zero-order valence-corrected chi connectivity index (χ0v) is 17.4. The quantitative estimate of drug-likeness (QED) is 0.449. The molecule has 3 aliphatic rings. The van der Waals surface area contributed by atoms with Gasteiger partial charge in [0.25, 0.3) is 0 Å². The number of unbranched alkanes of at least 4 members (excludes halogenated alkanes) is 3. The molecule has 27 heavy (non-hydrogen) atoms. The summed E-state index contributed by atoms with van der Waals surface area (Å²) in [4.78, 5) is 0. The van der Waals surface area contributed by atoms with Crippen LogP contribution in [0.4, 0.5) is 4.39 Å². The molecular formula is C26H39F. The minimum Gasteiger partial charge on any atom is -0.207 e. The van der Waals surface area contributed by atoms with E-state index in [1.165, 1.54) is 94.6 Å². The molecule has 0 aromatic heterocycles. The van der Waals surface area contributed by atoms with Gasteiger partial charge in [-0.15, -0.1) is 0 Å². The minimum absolute atomic E-state index is 0.0563. The lowest BCUT2D eigenvalue weighted by molar-refractivity contribution is 0.0690. The number of hydrogen-bond donors (Lipinski definition) is 0. The van der Waals surface area contributed by atoms with Gasteiger partial charge in [-0.2, -0.15) is 0 Å². The number of rotatable bonds is 6. The normalized spacial score (nSPS) is 33.3. The molecule has 0 N–H and O–H groups in total. The number of hydrogen-bond acceptors (Lipinski definition) is 0. The monoisotopic (exact) mass is 370 g/mol. The zero-order chi connectivity index (χ0) is 18.6. The predicted octanol–water partition coefficient (Wildman–Crippen LogP) is 7.73. The summed E-state index contributed by atoms with van der Waals surface area (Å²) >= 11 is 0. The number of benzene rings is 1. The lowest BCUT2D eigenvalue weighted by Gasteiger charge is -2.45. The van der Waals surface area contributed by atoms with Crippen LogP contribution in [0, 0.1) is 35.4 Å². The van der Waals surface area contributed by atoms with Crippen LogP contribution in [0.25, 0.3) is 0 Å². The highest BCUT2D eigenvalue weighted by Gasteiger charge is 2.38. The third kappa shape index (κ3) is 4.77. The second-order valence-corrected chi connectivity index (χ2v) is 10.0. The van der Waals surface area contributed by atoms with Gasteiger partial charge in [0, 0.05) is 0 Å². The Bertz CT molecular complexity index is 606. The minimum atomic E-state index is -0.0563. The van der Waals surface area contributed by atoms with Crippen molar-refractivity contribution in [1.82, 2.24) is 0 Å². The standard InChI is InChI=1S/C26H39F/c1-2-3-4-5-6-19-7-8-21-16-22(10-9-20(21)15-19)23-11-12-25-18-26(27)14-13-24(25)17-23/h13-14,18-23H,2-12,15-17H2,1H3. The first-order valence-corrected chi connectivity index (χ1v) is 12.0. The van der Waals surface area contributed by atoms with Gasteiger partial charge in [-0.3, -0.25) is 0 Å². The lowest BCUT2D eigenvalue weighted by atomic mass is 9.61. The fourth-order valence-electron chi connectivity index (χ4n) is 6.73. The maximum atomic E-state index is 13.5. The molecule has 4 rings (SSSR count). The van der Waals surface area contributed by atoms with Crippen molar-refractivity contribution >= 4 is 0 Å².